The van der Waals surface area contributed by atoms with Crippen molar-refractivity contribution in [2.45, 2.75) is 70.4 Å². The SMILES string of the molecule is CC(NC(=NC1CCCC1)NN)C1CC2CCC1C2. The van der Waals surface area contributed by atoms with Crippen LogP contribution in [0.25, 0.3) is 0 Å². The third-order valence-corrected chi connectivity index (χ3v) is 5.57. The highest BCUT2D eigenvalue weighted by Gasteiger charge is 2.41. The van der Waals surface area contributed by atoms with Crippen LogP contribution in [-0.2, 0) is 0 Å². The monoisotopic (exact) mass is 264 g/mol. The molecule has 0 amide bonds. The van der Waals surface area contributed by atoms with E-state index in [1.165, 1.54) is 51.4 Å². The highest BCUT2D eigenvalue weighted by atomic mass is 15.3. The molecule has 0 radical (unpaired) electrons. The molecule has 0 heterocycles. The lowest BCUT2D eigenvalue weighted by molar-refractivity contribution is 0.277. The molecule has 0 saturated heterocycles. The Balaban J connectivity index is 1.56. The van der Waals surface area contributed by atoms with Gasteiger partial charge in [-0.15, -0.1) is 0 Å². The number of rotatable bonds is 3. The normalized spacial score (nSPS) is 36.7. The minimum atomic E-state index is 0.478. The Hall–Kier alpha value is -0.770. The van der Waals surface area contributed by atoms with E-state index in [-0.39, 0.29) is 0 Å². The van der Waals surface area contributed by atoms with E-state index in [1.54, 1.807) is 0 Å². The number of hydrazine groups is 1. The Morgan fingerprint density at radius 3 is 2.53 bits per heavy atom. The maximum absolute atomic E-state index is 5.63. The van der Waals surface area contributed by atoms with Gasteiger partial charge < -0.3 is 5.32 Å². The summed E-state index contributed by atoms with van der Waals surface area (Å²) in [5.41, 5.74) is 2.77. The van der Waals surface area contributed by atoms with Gasteiger partial charge in [-0.2, -0.15) is 0 Å². The topological polar surface area (TPSA) is 62.4 Å². The molecule has 3 aliphatic rings. The second-order valence-corrected chi connectivity index (χ2v) is 6.83. The van der Waals surface area contributed by atoms with E-state index in [1.807, 2.05) is 0 Å². The predicted molar refractivity (Wildman–Crippen MR) is 78.5 cm³/mol. The van der Waals surface area contributed by atoms with Crippen LogP contribution in [0.15, 0.2) is 4.99 Å². The summed E-state index contributed by atoms with van der Waals surface area (Å²) in [5, 5.41) is 3.53. The summed E-state index contributed by atoms with van der Waals surface area (Å²) in [6.07, 6.45) is 10.8. The molecule has 0 aromatic rings. The lowest BCUT2D eigenvalue weighted by Gasteiger charge is -2.29. The molecule has 0 aromatic heterocycles. The van der Waals surface area contributed by atoms with Gasteiger partial charge in [-0.05, 0) is 56.8 Å². The smallest absolute Gasteiger partial charge is 0.206 e. The molecule has 0 spiro atoms. The van der Waals surface area contributed by atoms with Crippen molar-refractivity contribution in [3.8, 4) is 0 Å². The van der Waals surface area contributed by atoms with E-state index < -0.39 is 0 Å². The number of fused-ring (bicyclic) bond motifs is 2. The molecule has 4 nitrogen and oxygen atoms in total. The standard InChI is InChI=1S/C15H28N4/c1-10(14-9-11-6-7-12(14)8-11)17-15(19-16)18-13-4-2-3-5-13/h10-14H,2-9,16H2,1H3,(H2,17,18,19). The number of hydrogen-bond acceptors (Lipinski definition) is 2. The maximum Gasteiger partial charge on any atom is 0.206 e. The summed E-state index contributed by atoms with van der Waals surface area (Å²) in [5.74, 6) is 9.20. The third-order valence-electron chi connectivity index (χ3n) is 5.57. The van der Waals surface area contributed by atoms with Crippen LogP contribution in [0.2, 0.25) is 0 Å². The first-order chi connectivity index (χ1) is 9.26. The molecular weight excluding hydrogens is 236 g/mol. The summed E-state index contributed by atoms with van der Waals surface area (Å²) in [6.45, 7) is 2.30. The lowest BCUT2D eigenvalue weighted by Crippen LogP contribution is -2.49. The van der Waals surface area contributed by atoms with Gasteiger partial charge in [0.1, 0.15) is 0 Å². The largest absolute Gasteiger partial charge is 0.353 e. The number of aliphatic imine (C=N–C) groups is 1. The van der Waals surface area contributed by atoms with Crippen molar-refractivity contribution in [2.75, 3.05) is 0 Å². The fourth-order valence-corrected chi connectivity index (χ4v) is 4.56. The van der Waals surface area contributed by atoms with E-state index in [9.17, 15) is 0 Å². The number of hydrogen-bond donors (Lipinski definition) is 3. The summed E-state index contributed by atoms with van der Waals surface area (Å²) in [6, 6.07) is 0.970. The summed E-state index contributed by atoms with van der Waals surface area (Å²) < 4.78 is 0. The summed E-state index contributed by atoms with van der Waals surface area (Å²) in [7, 11) is 0. The number of nitrogens with two attached hydrogens (primary N) is 1. The summed E-state index contributed by atoms with van der Waals surface area (Å²) >= 11 is 0. The molecule has 4 heteroatoms. The number of guanidine groups is 1. The van der Waals surface area contributed by atoms with Crippen molar-refractivity contribution in [2.24, 2.45) is 28.6 Å². The van der Waals surface area contributed by atoms with Gasteiger partial charge in [0.05, 0.1) is 6.04 Å². The van der Waals surface area contributed by atoms with Gasteiger partial charge in [-0.25, -0.2) is 10.8 Å². The van der Waals surface area contributed by atoms with Crippen molar-refractivity contribution >= 4 is 5.96 Å². The van der Waals surface area contributed by atoms with Crippen LogP contribution in [0.1, 0.15) is 58.3 Å². The van der Waals surface area contributed by atoms with Gasteiger partial charge in [-0.3, -0.25) is 5.43 Å². The molecule has 0 aromatic carbocycles. The van der Waals surface area contributed by atoms with Crippen molar-refractivity contribution in [3.05, 3.63) is 0 Å². The molecule has 4 N–H and O–H groups in total. The van der Waals surface area contributed by atoms with Gasteiger partial charge in [0.2, 0.25) is 5.96 Å². The highest BCUT2D eigenvalue weighted by molar-refractivity contribution is 5.79. The first kappa shape index (κ1) is 13.2. The minimum Gasteiger partial charge on any atom is -0.353 e. The second kappa shape index (κ2) is 5.70. The van der Waals surface area contributed by atoms with Gasteiger partial charge >= 0.3 is 0 Å². The molecule has 4 atom stereocenters. The zero-order valence-corrected chi connectivity index (χ0v) is 12.1. The van der Waals surface area contributed by atoms with Crippen LogP contribution >= 0.6 is 0 Å². The van der Waals surface area contributed by atoms with Gasteiger partial charge in [0, 0.05) is 6.04 Å². The summed E-state index contributed by atoms with van der Waals surface area (Å²) in [4.78, 5) is 4.74. The molecule has 4 unspecified atom stereocenters. The quantitative estimate of drug-likeness (QED) is 0.317. The van der Waals surface area contributed by atoms with Crippen LogP contribution in [0.3, 0.4) is 0 Å². The number of nitrogens with zero attached hydrogens (tertiary/aromatic N) is 1. The molecule has 3 fully saturated rings. The fourth-order valence-electron chi connectivity index (χ4n) is 4.56. The van der Waals surface area contributed by atoms with E-state index in [0.29, 0.717) is 12.1 Å². The molecular formula is C15H28N4. The van der Waals surface area contributed by atoms with Crippen molar-refractivity contribution in [1.82, 2.24) is 10.7 Å². The Bertz CT molecular complexity index is 335. The lowest BCUT2D eigenvalue weighted by atomic mass is 9.84. The van der Waals surface area contributed by atoms with Crippen molar-refractivity contribution < 1.29 is 0 Å². The average molecular weight is 264 g/mol. The molecule has 108 valence electrons. The van der Waals surface area contributed by atoms with Gasteiger partial charge in [-0.1, -0.05) is 19.3 Å². The van der Waals surface area contributed by atoms with Crippen LogP contribution < -0.4 is 16.6 Å². The molecule has 2 bridgehead atoms. The minimum absolute atomic E-state index is 0.478. The van der Waals surface area contributed by atoms with Crippen LogP contribution in [0, 0.1) is 17.8 Å². The Kier molecular flexibility index (Phi) is 3.96. The Labute approximate surface area is 116 Å². The van der Waals surface area contributed by atoms with Gasteiger partial charge in [0.25, 0.3) is 0 Å². The molecule has 19 heavy (non-hydrogen) atoms. The zero-order valence-electron chi connectivity index (χ0n) is 12.1. The van der Waals surface area contributed by atoms with E-state index in [2.05, 4.69) is 17.7 Å². The average Bonchev–Trinajstić information content (AvgIpc) is 3.14. The van der Waals surface area contributed by atoms with Crippen molar-refractivity contribution in [1.29, 1.82) is 0 Å². The van der Waals surface area contributed by atoms with Crippen LogP contribution in [-0.4, -0.2) is 18.0 Å². The molecule has 3 aliphatic carbocycles. The van der Waals surface area contributed by atoms with Crippen LogP contribution in [0.4, 0.5) is 0 Å². The van der Waals surface area contributed by atoms with E-state index in [4.69, 9.17) is 10.8 Å². The zero-order chi connectivity index (χ0) is 13.2. The number of nitrogens with one attached hydrogen (secondary N) is 2. The van der Waals surface area contributed by atoms with Crippen LogP contribution in [0.5, 0.6) is 0 Å². The highest BCUT2D eigenvalue weighted by Crippen LogP contribution is 2.49. The Morgan fingerprint density at radius 1 is 1.16 bits per heavy atom. The fraction of sp³-hybridized carbons (Fsp3) is 0.933. The van der Waals surface area contributed by atoms with Crippen molar-refractivity contribution in [3.63, 3.8) is 0 Å². The van der Waals surface area contributed by atoms with E-state index in [0.717, 1.165) is 23.7 Å². The van der Waals surface area contributed by atoms with Gasteiger partial charge in [0.15, 0.2) is 0 Å². The molecule has 3 rings (SSSR count). The Morgan fingerprint density at radius 2 is 1.95 bits per heavy atom. The first-order valence-corrected chi connectivity index (χ1v) is 8.07. The van der Waals surface area contributed by atoms with E-state index >= 15 is 0 Å². The molecule has 3 saturated carbocycles. The second-order valence-electron chi connectivity index (χ2n) is 6.83. The maximum atomic E-state index is 5.63. The predicted octanol–water partition coefficient (Wildman–Crippen LogP) is 2.16. The first-order valence-electron chi connectivity index (χ1n) is 8.07. The molecule has 0 aliphatic heterocycles. The third kappa shape index (κ3) is 2.88.